The Kier molecular flexibility index (Phi) is 4.86. The van der Waals surface area contributed by atoms with E-state index < -0.39 is 0 Å². The van der Waals surface area contributed by atoms with Crippen LogP contribution in [-0.2, 0) is 6.54 Å². The zero-order chi connectivity index (χ0) is 15.2. The molecule has 2 aromatic rings. The summed E-state index contributed by atoms with van der Waals surface area (Å²) in [5, 5.41) is 0. The van der Waals surface area contributed by atoms with Gasteiger partial charge in [-0.15, -0.1) is 0 Å². The molecule has 114 valence electrons. The van der Waals surface area contributed by atoms with Gasteiger partial charge in [-0.05, 0) is 30.5 Å². The maximum absolute atomic E-state index is 11.0. The predicted molar refractivity (Wildman–Crippen MR) is 87.2 cm³/mol. The van der Waals surface area contributed by atoms with Crippen LogP contribution < -0.4 is 4.74 Å². The first kappa shape index (κ1) is 14.8. The standard InChI is InChI=1S/C19H21NO2/c21-15-17-8-4-5-9-19(17)22-18-10-12-20(13-11-18)14-16-6-2-1-3-7-16/h1-9,15,18H,10-14H2. The number of nitrogens with zero attached hydrogens (tertiary/aromatic N) is 1. The van der Waals surface area contributed by atoms with Crippen LogP contribution in [0, 0.1) is 0 Å². The molecule has 1 aliphatic heterocycles. The van der Waals surface area contributed by atoms with E-state index in [1.54, 1.807) is 6.07 Å². The summed E-state index contributed by atoms with van der Waals surface area (Å²) in [6.07, 6.45) is 3.06. The van der Waals surface area contributed by atoms with Crippen molar-refractivity contribution in [1.82, 2.24) is 4.90 Å². The lowest BCUT2D eigenvalue weighted by Crippen LogP contribution is -2.37. The van der Waals surface area contributed by atoms with Gasteiger partial charge >= 0.3 is 0 Å². The first-order chi connectivity index (χ1) is 10.8. The van der Waals surface area contributed by atoms with Crippen molar-refractivity contribution in [2.45, 2.75) is 25.5 Å². The molecule has 0 aliphatic carbocycles. The number of hydrogen-bond donors (Lipinski definition) is 0. The molecule has 1 heterocycles. The Bertz CT molecular complexity index is 604. The van der Waals surface area contributed by atoms with E-state index in [-0.39, 0.29) is 6.10 Å². The minimum atomic E-state index is 0.202. The summed E-state index contributed by atoms with van der Waals surface area (Å²) in [5.74, 6) is 0.707. The fourth-order valence-electron chi connectivity index (χ4n) is 2.89. The second kappa shape index (κ2) is 7.23. The summed E-state index contributed by atoms with van der Waals surface area (Å²) in [6, 6.07) is 18.0. The van der Waals surface area contributed by atoms with Crippen LogP contribution in [0.1, 0.15) is 28.8 Å². The average Bonchev–Trinajstić information content (AvgIpc) is 2.58. The molecule has 0 atom stereocenters. The Labute approximate surface area is 131 Å². The third kappa shape index (κ3) is 3.74. The summed E-state index contributed by atoms with van der Waals surface area (Å²) in [7, 11) is 0. The lowest BCUT2D eigenvalue weighted by atomic mass is 10.1. The Morgan fingerprint density at radius 2 is 1.68 bits per heavy atom. The molecule has 0 spiro atoms. The maximum Gasteiger partial charge on any atom is 0.153 e. The summed E-state index contributed by atoms with van der Waals surface area (Å²) >= 11 is 0. The molecule has 3 nitrogen and oxygen atoms in total. The van der Waals surface area contributed by atoms with E-state index in [1.807, 2.05) is 24.3 Å². The predicted octanol–water partition coefficient (Wildman–Crippen LogP) is 3.54. The largest absolute Gasteiger partial charge is 0.490 e. The van der Waals surface area contributed by atoms with E-state index in [1.165, 1.54) is 5.56 Å². The van der Waals surface area contributed by atoms with Gasteiger partial charge in [-0.2, -0.15) is 0 Å². The first-order valence-electron chi connectivity index (χ1n) is 7.82. The fourth-order valence-corrected chi connectivity index (χ4v) is 2.89. The number of likely N-dealkylation sites (tertiary alicyclic amines) is 1. The topological polar surface area (TPSA) is 29.5 Å². The van der Waals surface area contributed by atoms with Gasteiger partial charge in [0.05, 0.1) is 5.56 Å². The number of benzene rings is 2. The molecule has 3 heteroatoms. The van der Waals surface area contributed by atoms with E-state index in [2.05, 4.69) is 29.2 Å². The van der Waals surface area contributed by atoms with Gasteiger partial charge in [0.25, 0.3) is 0 Å². The van der Waals surface area contributed by atoms with Crippen LogP contribution >= 0.6 is 0 Å². The fraction of sp³-hybridized carbons (Fsp3) is 0.316. The number of ether oxygens (including phenoxy) is 1. The van der Waals surface area contributed by atoms with Gasteiger partial charge in [0.1, 0.15) is 11.9 Å². The number of piperidine rings is 1. The van der Waals surface area contributed by atoms with Crippen molar-refractivity contribution >= 4 is 6.29 Å². The zero-order valence-electron chi connectivity index (χ0n) is 12.7. The molecular weight excluding hydrogens is 274 g/mol. The van der Waals surface area contributed by atoms with Crippen LogP contribution in [0.3, 0.4) is 0 Å². The highest BCUT2D eigenvalue weighted by molar-refractivity contribution is 5.79. The van der Waals surface area contributed by atoms with Crippen LogP contribution in [0.5, 0.6) is 5.75 Å². The second-order valence-corrected chi connectivity index (χ2v) is 5.73. The molecule has 0 radical (unpaired) electrons. The number of hydrogen-bond acceptors (Lipinski definition) is 3. The van der Waals surface area contributed by atoms with Gasteiger partial charge in [-0.1, -0.05) is 42.5 Å². The van der Waals surface area contributed by atoms with Crippen LogP contribution in [0.15, 0.2) is 54.6 Å². The van der Waals surface area contributed by atoms with E-state index in [0.29, 0.717) is 11.3 Å². The summed E-state index contributed by atoms with van der Waals surface area (Å²) < 4.78 is 6.02. The van der Waals surface area contributed by atoms with Gasteiger partial charge in [0.15, 0.2) is 6.29 Å². The van der Waals surface area contributed by atoms with Crippen molar-refractivity contribution in [3.05, 3.63) is 65.7 Å². The second-order valence-electron chi connectivity index (χ2n) is 5.73. The van der Waals surface area contributed by atoms with Gasteiger partial charge in [-0.25, -0.2) is 0 Å². The Balaban J connectivity index is 1.52. The molecule has 0 unspecified atom stereocenters. The van der Waals surface area contributed by atoms with Crippen LogP contribution in [-0.4, -0.2) is 30.4 Å². The minimum absolute atomic E-state index is 0.202. The summed E-state index contributed by atoms with van der Waals surface area (Å²) in [5.41, 5.74) is 1.99. The lowest BCUT2D eigenvalue weighted by molar-refractivity contribution is 0.0947. The number of aldehydes is 1. The summed E-state index contributed by atoms with van der Waals surface area (Å²) in [6.45, 7) is 3.06. The first-order valence-corrected chi connectivity index (χ1v) is 7.82. The molecule has 0 amide bonds. The van der Waals surface area contributed by atoms with E-state index in [4.69, 9.17) is 4.74 Å². The molecule has 22 heavy (non-hydrogen) atoms. The Hall–Kier alpha value is -2.13. The molecule has 0 N–H and O–H groups in total. The van der Waals surface area contributed by atoms with Gasteiger partial charge in [0.2, 0.25) is 0 Å². The van der Waals surface area contributed by atoms with Gasteiger partial charge in [-0.3, -0.25) is 9.69 Å². The number of carbonyl (C=O) groups is 1. The van der Waals surface area contributed by atoms with Crippen LogP contribution in [0.4, 0.5) is 0 Å². The smallest absolute Gasteiger partial charge is 0.153 e. The van der Waals surface area contributed by atoms with E-state index in [9.17, 15) is 4.79 Å². The summed E-state index contributed by atoms with van der Waals surface area (Å²) in [4.78, 5) is 13.5. The molecule has 0 saturated carbocycles. The molecule has 3 rings (SSSR count). The number of carbonyl (C=O) groups excluding carboxylic acids is 1. The highest BCUT2D eigenvalue weighted by Crippen LogP contribution is 2.22. The van der Waals surface area contributed by atoms with Crippen LogP contribution in [0.2, 0.25) is 0 Å². The quantitative estimate of drug-likeness (QED) is 0.790. The Morgan fingerprint density at radius 1 is 1.00 bits per heavy atom. The molecule has 1 saturated heterocycles. The van der Waals surface area contributed by atoms with Crippen LogP contribution in [0.25, 0.3) is 0 Å². The van der Waals surface area contributed by atoms with E-state index in [0.717, 1.165) is 38.8 Å². The zero-order valence-corrected chi connectivity index (χ0v) is 12.7. The third-order valence-electron chi connectivity index (χ3n) is 4.12. The SMILES string of the molecule is O=Cc1ccccc1OC1CCN(Cc2ccccc2)CC1. The molecule has 1 aliphatic rings. The van der Waals surface area contributed by atoms with Gasteiger partial charge < -0.3 is 4.74 Å². The van der Waals surface area contributed by atoms with Crippen molar-refractivity contribution < 1.29 is 9.53 Å². The molecule has 0 bridgehead atoms. The molecular formula is C19H21NO2. The number of para-hydroxylation sites is 1. The van der Waals surface area contributed by atoms with E-state index >= 15 is 0 Å². The monoisotopic (exact) mass is 295 g/mol. The maximum atomic E-state index is 11.0. The lowest BCUT2D eigenvalue weighted by Gasteiger charge is -2.32. The molecule has 1 fully saturated rings. The number of rotatable bonds is 5. The minimum Gasteiger partial charge on any atom is -0.490 e. The van der Waals surface area contributed by atoms with Crippen molar-refractivity contribution in [2.24, 2.45) is 0 Å². The van der Waals surface area contributed by atoms with Crippen molar-refractivity contribution in [3.8, 4) is 5.75 Å². The van der Waals surface area contributed by atoms with Crippen molar-refractivity contribution in [1.29, 1.82) is 0 Å². The normalized spacial score (nSPS) is 16.4. The molecule has 0 aromatic heterocycles. The van der Waals surface area contributed by atoms with Crippen molar-refractivity contribution in [2.75, 3.05) is 13.1 Å². The molecule has 2 aromatic carbocycles. The average molecular weight is 295 g/mol. The Morgan fingerprint density at radius 3 is 2.41 bits per heavy atom. The third-order valence-corrected chi connectivity index (χ3v) is 4.12. The van der Waals surface area contributed by atoms with Crippen molar-refractivity contribution in [3.63, 3.8) is 0 Å². The van der Waals surface area contributed by atoms with Gasteiger partial charge in [0, 0.05) is 19.6 Å². The highest BCUT2D eigenvalue weighted by atomic mass is 16.5. The highest BCUT2D eigenvalue weighted by Gasteiger charge is 2.21.